The summed E-state index contributed by atoms with van der Waals surface area (Å²) in [6.07, 6.45) is 2.26. The van der Waals surface area contributed by atoms with Crippen molar-refractivity contribution >= 4 is 7.28 Å². The molecule has 0 fully saturated rings. The molecule has 0 spiro atoms. The van der Waals surface area contributed by atoms with Crippen molar-refractivity contribution in [1.82, 2.24) is 0 Å². The van der Waals surface area contributed by atoms with Gasteiger partial charge in [0.1, 0.15) is 0 Å². The van der Waals surface area contributed by atoms with E-state index < -0.39 is 0 Å². The van der Waals surface area contributed by atoms with Gasteiger partial charge in [0.15, 0.2) is 7.28 Å². The molecule has 1 rings (SSSR count). The maximum Gasteiger partial charge on any atom is 0.181 e. The molecule has 1 heterocycles. The molecule has 0 saturated carbocycles. The van der Waals surface area contributed by atoms with E-state index in [4.69, 9.17) is 0 Å². The smallest absolute Gasteiger partial charge is 0.103 e. The monoisotopic (exact) mass is 106 g/mol. The molecule has 0 aromatic carbocycles. The SMILES string of the molecule is CC1=CC(C)=C(C)B1. The molecule has 1 aliphatic heterocycles. The van der Waals surface area contributed by atoms with Gasteiger partial charge in [-0.25, -0.2) is 0 Å². The first-order valence-corrected chi connectivity index (χ1v) is 3.03. The zero-order valence-electron chi connectivity index (χ0n) is 5.78. The fourth-order valence-corrected chi connectivity index (χ4v) is 1.10. The van der Waals surface area contributed by atoms with E-state index in [1.807, 2.05) is 0 Å². The van der Waals surface area contributed by atoms with Gasteiger partial charge < -0.3 is 0 Å². The lowest BCUT2D eigenvalue weighted by Gasteiger charge is -1.87. The van der Waals surface area contributed by atoms with Crippen molar-refractivity contribution in [2.24, 2.45) is 0 Å². The summed E-state index contributed by atoms with van der Waals surface area (Å²) in [6.45, 7) is 6.55. The fourth-order valence-electron chi connectivity index (χ4n) is 1.10. The average molecular weight is 106 g/mol. The summed E-state index contributed by atoms with van der Waals surface area (Å²) >= 11 is 0. The number of hydrogen-bond acceptors (Lipinski definition) is 0. The number of allylic oxidation sites excluding steroid dienone is 4. The first-order valence-electron chi connectivity index (χ1n) is 3.03. The van der Waals surface area contributed by atoms with Crippen molar-refractivity contribution in [1.29, 1.82) is 0 Å². The van der Waals surface area contributed by atoms with Crippen LogP contribution < -0.4 is 0 Å². The van der Waals surface area contributed by atoms with Crippen LogP contribution in [0, 0.1) is 0 Å². The highest BCUT2D eigenvalue weighted by Gasteiger charge is 2.05. The van der Waals surface area contributed by atoms with Crippen LogP contribution in [0.5, 0.6) is 0 Å². The van der Waals surface area contributed by atoms with E-state index in [0.717, 1.165) is 0 Å². The van der Waals surface area contributed by atoms with E-state index >= 15 is 0 Å². The molecule has 0 radical (unpaired) electrons. The van der Waals surface area contributed by atoms with Gasteiger partial charge in [-0.2, -0.15) is 0 Å². The Morgan fingerprint density at radius 3 is 2.00 bits per heavy atom. The maximum absolute atomic E-state index is 2.26. The first kappa shape index (κ1) is 5.68. The molecular formula is C7H11B. The Kier molecular flexibility index (Phi) is 1.28. The minimum atomic E-state index is 1.20. The molecule has 0 saturated heterocycles. The third kappa shape index (κ3) is 0.859. The van der Waals surface area contributed by atoms with Crippen LogP contribution in [0.25, 0.3) is 0 Å². The molecule has 0 aromatic rings. The summed E-state index contributed by atoms with van der Waals surface area (Å²) in [7, 11) is 1.20. The highest BCUT2D eigenvalue weighted by Crippen LogP contribution is 2.15. The Balaban J connectivity index is 2.79. The minimum absolute atomic E-state index is 1.20. The summed E-state index contributed by atoms with van der Waals surface area (Å²) in [5, 5.41) is 0. The lowest BCUT2D eigenvalue weighted by atomic mass is 9.67. The van der Waals surface area contributed by atoms with Gasteiger partial charge >= 0.3 is 0 Å². The van der Waals surface area contributed by atoms with Gasteiger partial charge in [0.05, 0.1) is 0 Å². The van der Waals surface area contributed by atoms with E-state index in [1.54, 1.807) is 0 Å². The zero-order chi connectivity index (χ0) is 6.15. The van der Waals surface area contributed by atoms with E-state index in [0.29, 0.717) is 0 Å². The summed E-state index contributed by atoms with van der Waals surface area (Å²) in [5.41, 5.74) is 4.49. The van der Waals surface area contributed by atoms with Gasteiger partial charge in [-0.05, 0) is 6.92 Å². The van der Waals surface area contributed by atoms with Crippen LogP contribution in [0.2, 0.25) is 0 Å². The predicted molar refractivity (Wildman–Crippen MR) is 39.3 cm³/mol. The summed E-state index contributed by atoms with van der Waals surface area (Å²) in [6, 6.07) is 0. The predicted octanol–water partition coefficient (Wildman–Crippen LogP) is 1.63. The van der Waals surface area contributed by atoms with Crippen molar-refractivity contribution in [2.45, 2.75) is 20.8 Å². The first-order chi connectivity index (χ1) is 3.70. The van der Waals surface area contributed by atoms with E-state index in [9.17, 15) is 0 Å². The summed E-state index contributed by atoms with van der Waals surface area (Å²) in [5.74, 6) is 0. The molecule has 0 unspecified atom stereocenters. The molecule has 0 aromatic heterocycles. The van der Waals surface area contributed by atoms with Gasteiger partial charge in [0.2, 0.25) is 0 Å². The number of rotatable bonds is 0. The van der Waals surface area contributed by atoms with Crippen LogP contribution in [0.4, 0.5) is 0 Å². The maximum atomic E-state index is 2.26. The standard InChI is InChI=1S/C7H11B/c1-5-4-6(2)8-7(5)3/h4,8H,1-3H3. The van der Waals surface area contributed by atoms with Crippen molar-refractivity contribution in [3.63, 3.8) is 0 Å². The third-order valence-corrected chi connectivity index (χ3v) is 1.68. The Bertz CT molecular complexity index is 163. The van der Waals surface area contributed by atoms with Gasteiger partial charge in [-0.3, -0.25) is 0 Å². The highest BCUT2D eigenvalue weighted by atomic mass is 13.9. The highest BCUT2D eigenvalue weighted by molar-refractivity contribution is 6.55. The molecule has 0 N–H and O–H groups in total. The van der Waals surface area contributed by atoms with Crippen LogP contribution in [-0.4, -0.2) is 7.28 Å². The van der Waals surface area contributed by atoms with Crippen LogP contribution in [0.1, 0.15) is 20.8 Å². The van der Waals surface area contributed by atoms with Gasteiger partial charge in [-0.15, -0.1) is 10.9 Å². The quantitative estimate of drug-likeness (QED) is 0.411. The lowest BCUT2D eigenvalue weighted by molar-refractivity contribution is 1.46. The molecule has 0 amide bonds. The zero-order valence-corrected chi connectivity index (χ0v) is 5.78. The Labute approximate surface area is 51.5 Å². The normalized spacial score (nSPS) is 18.6. The molecule has 1 heteroatoms. The van der Waals surface area contributed by atoms with Crippen molar-refractivity contribution in [2.75, 3.05) is 0 Å². The van der Waals surface area contributed by atoms with Crippen LogP contribution >= 0.6 is 0 Å². The van der Waals surface area contributed by atoms with Crippen LogP contribution in [0.3, 0.4) is 0 Å². The van der Waals surface area contributed by atoms with Crippen LogP contribution in [0.15, 0.2) is 22.6 Å². The fraction of sp³-hybridized carbons (Fsp3) is 0.429. The van der Waals surface area contributed by atoms with Crippen molar-refractivity contribution in [3.8, 4) is 0 Å². The largest absolute Gasteiger partial charge is 0.181 e. The molecule has 0 atom stereocenters. The Morgan fingerprint density at radius 1 is 1.25 bits per heavy atom. The molecule has 1 aliphatic rings. The van der Waals surface area contributed by atoms with E-state index in [1.165, 1.54) is 23.8 Å². The summed E-state index contributed by atoms with van der Waals surface area (Å²) in [4.78, 5) is 0. The summed E-state index contributed by atoms with van der Waals surface area (Å²) < 4.78 is 0. The second-order valence-electron chi connectivity index (χ2n) is 2.63. The second-order valence-corrected chi connectivity index (χ2v) is 2.63. The van der Waals surface area contributed by atoms with Gasteiger partial charge in [0.25, 0.3) is 0 Å². The Morgan fingerprint density at radius 2 is 1.88 bits per heavy atom. The van der Waals surface area contributed by atoms with Gasteiger partial charge in [0, 0.05) is 0 Å². The topological polar surface area (TPSA) is 0 Å². The average Bonchev–Trinajstić information content (AvgIpc) is 1.85. The Hall–Kier alpha value is -0.455. The molecule has 0 aliphatic carbocycles. The number of hydrogen-bond donors (Lipinski definition) is 0. The minimum Gasteiger partial charge on any atom is -0.103 e. The molecule has 8 heavy (non-hydrogen) atoms. The molecule has 0 nitrogen and oxygen atoms in total. The van der Waals surface area contributed by atoms with E-state index in [-0.39, 0.29) is 0 Å². The third-order valence-electron chi connectivity index (χ3n) is 1.68. The second kappa shape index (κ2) is 1.81. The lowest BCUT2D eigenvalue weighted by Crippen LogP contribution is -1.87. The van der Waals surface area contributed by atoms with Crippen molar-refractivity contribution in [3.05, 3.63) is 22.6 Å². The van der Waals surface area contributed by atoms with Gasteiger partial charge in [-0.1, -0.05) is 25.5 Å². The molecule has 42 valence electrons. The molecule has 0 bridgehead atoms. The van der Waals surface area contributed by atoms with E-state index in [2.05, 4.69) is 26.8 Å². The van der Waals surface area contributed by atoms with Crippen LogP contribution in [-0.2, 0) is 0 Å². The molecular weight excluding hydrogens is 94.9 g/mol. The van der Waals surface area contributed by atoms with Crippen molar-refractivity contribution < 1.29 is 0 Å².